The molecule has 1 aliphatic carbocycles. The Bertz CT molecular complexity index is 409. The lowest BCUT2D eigenvalue weighted by Gasteiger charge is -2.22. The smallest absolute Gasteiger partial charge is 0.254 e. The molecule has 1 saturated carbocycles. The summed E-state index contributed by atoms with van der Waals surface area (Å²) in [4.78, 5) is 14.6. The topological polar surface area (TPSA) is 32.3 Å². The Balaban J connectivity index is 2.03. The summed E-state index contributed by atoms with van der Waals surface area (Å²) in [6, 6.07) is 8.33. The van der Waals surface area contributed by atoms with Crippen LogP contribution in [-0.2, 0) is 0 Å². The highest BCUT2D eigenvalue weighted by Gasteiger charge is 2.32. The van der Waals surface area contributed by atoms with Gasteiger partial charge in [0.2, 0.25) is 0 Å². The van der Waals surface area contributed by atoms with Gasteiger partial charge in [-0.15, -0.1) is 0 Å². The summed E-state index contributed by atoms with van der Waals surface area (Å²) in [5, 5.41) is 3.25. The van der Waals surface area contributed by atoms with Gasteiger partial charge < -0.3 is 10.2 Å². The fourth-order valence-electron chi connectivity index (χ4n) is 2.27. The van der Waals surface area contributed by atoms with E-state index in [-0.39, 0.29) is 5.91 Å². The maximum Gasteiger partial charge on any atom is 0.254 e. The largest absolute Gasteiger partial charge is 0.385 e. The molecule has 19 heavy (non-hydrogen) atoms. The molecule has 0 bridgehead atoms. The highest BCUT2D eigenvalue weighted by Crippen LogP contribution is 2.28. The quantitative estimate of drug-likeness (QED) is 0.813. The Morgan fingerprint density at radius 1 is 1.26 bits per heavy atom. The summed E-state index contributed by atoms with van der Waals surface area (Å²) >= 11 is 0. The molecular weight excluding hydrogens is 236 g/mol. The Morgan fingerprint density at radius 3 is 2.47 bits per heavy atom. The molecule has 0 heterocycles. The van der Waals surface area contributed by atoms with E-state index < -0.39 is 0 Å². The summed E-state index contributed by atoms with van der Waals surface area (Å²) in [5.74, 6) is 0.194. The normalized spacial score (nSPS) is 14.2. The van der Waals surface area contributed by atoms with Gasteiger partial charge in [-0.05, 0) is 50.5 Å². The van der Waals surface area contributed by atoms with Crippen LogP contribution >= 0.6 is 0 Å². The van der Waals surface area contributed by atoms with Gasteiger partial charge in [-0.1, -0.05) is 13.3 Å². The Labute approximate surface area is 116 Å². The highest BCUT2D eigenvalue weighted by atomic mass is 16.2. The lowest BCUT2D eigenvalue weighted by Crippen LogP contribution is -2.33. The minimum atomic E-state index is 0.194. The zero-order valence-corrected chi connectivity index (χ0v) is 12.0. The molecule has 1 amide bonds. The van der Waals surface area contributed by atoms with E-state index in [1.807, 2.05) is 24.3 Å². The van der Waals surface area contributed by atoms with Crippen LogP contribution in [-0.4, -0.2) is 29.9 Å². The number of hydrogen-bond acceptors (Lipinski definition) is 2. The lowest BCUT2D eigenvalue weighted by molar-refractivity contribution is 0.0741. The fourth-order valence-corrected chi connectivity index (χ4v) is 2.27. The molecule has 3 nitrogen and oxygen atoms in total. The van der Waals surface area contributed by atoms with Crippen molar-refractivity contribution in [3.05, 3.63) is 29.8 Å². The van der Waals surface area contributed by atoms with Gasteiger partial charge in [0.1, 0.15) is 0 Å². The lowest BCUT2D eigenvalue weighted by atomic mass is 10.1. The number of benzene rings is 1. The Morgan fingerprint density at radius 2 is 1.95 bits per heavy atom. The van der Waals surface area contributed by atoms with Crippen molar-refractivity contribution in [1.82, 2.24) is 4.90 Å². The predicted octanol–water partition coefficient (Wildman–Crippen LogP) is 3.52. The summed E-state index contributed by atoms with van der Waals surface area (Å²) in [7, 11) is 0. The van der Waals surface area contributed by atoms with Gasteiger partial charge >= 0.3 is 0 Å². The van der Waals surface area contributed by atoms with Crippen molar-refractivity contribution >= 4 is 11.6 Å². The van der Waals surface area contributed by atoms with E-state index in [2.05, 4.69) is 24.1 Å². The predicted molar refractivity (Wildman–Crippen MR) is 79.6 cm³/mol. The molecule has 0 radical (unpaired) electrons. The third-order valence-corrected chi connectivity index (χ3v) is 3.51. The molecule has 1 N–H and O–H groups in total. The Hall–Kier alpha value is -1.51. The number of hydrogen-bond donors (Lipinski definition) is 1. The molecule has 0 saturated heterocycles. The van der Waals surface area contributed by atoms with Gasteiger partial charge in [-0.25, -0.2) is 0 Å². The number of carbonyl (C=O) groups excluding carboxylic acids is 1. The molecule has 0 spiro atoms. The van der Waals surface area contributed by atoms with Crippen molar-refractivity contribution in [2.24, 2.45) is 0 Å². The van der Waals surface area contributed by atoms with Crippen molar-refractivity contribution in [3.8, 4) is 0 Å². The Kier molecular flexibility index (Phi) is 4.83. The van der Waals surface area contributed by atoms with Gasteiger partial charge in [0.05, 0.1) is 0 Å². The van der Waals surface area contributed by atoms with E-state index in [9.17, 15) is 4.79 Å². The van der Waals surface area contributed by atoms with Crippen LogP contribution in [0.15, 0.2) is 24.3 Å². The van der Waals surface area contributed by atoms with Crippen LogP contribution in [0.5, 0.6) is 0 Å². The first kappa shape index (κ1) is 13.9. The molecule has 0 unspecified atom stereocenters. The van der Waals surface area contributed by atoms with Crippen molar-refractivity contribution in [2.45, 2.75) is 45.6 Å². The molecule has 3 heteroatoms. The molecule has 1 aromatic carbocycles. The molecular formula is C16H24N2O. The zero-order valence-electron chi connectivity index (χ0n) is 12.0. The average Bonchev–Trinajstić information content (AvgIpc) is 3.25. The standard InChI is InChI=1S/C16H24N2O/c1-3-5-12-18(15-10-11-15)16(19)13-6-8-14(9-7-13)17-4-2/h6-9,15,17H,3-5,10-12H2,1-2H3. The summed E-state index contributed by atoms with van der Waals surface area (Å²) in [5.41, 5.74) is 1.88. The van der Waals surface area contributed by atoms with Crippen LogP contribution in [0.25, 0.3) is 0 Å². The van der Waals surface area contributed by atoms with Gasteiger partial charge in [0.25, 0.3) is 5.91 Å². The number of carbonyl (C=O) groups is 1. The molecule has 104 valence electrons. The van der Waals surface area contributed by atoms with Crippen LogP contribution in [0, 0.1) is 0 Å². The second-order valence-electron chi connectivity index (χ2n) is 5.19. The van der Waals surface area contributed by atoms with E-state index in [4.69, 9.17) is 0 Å². The van der Waals surface area contributed by atoms with Crippen molar-refractivity contribution in [3.63, 3.8) is 0 Å². The maximum absolute atomic E-state index is 12.5. The molecule has 1 aliphatic rings. The minimum absolute atomic E-state index is 0.194. The van der Waals surface area contributed by atoms with Crippen LogP contribution in [0.3, 0.4) is 0 Å². The second-order valence-corrected chi connectivity index (χ2v) is 5.19. The highest BCUT2D eigenvalue weighted by molar-refractivity contribution is 5.95. The van der Waals surface area contributed by atoms with Gasteiger partial charge in [0, 0.05) is 30.4 Å². The van der Waals surface area contributed by atoms with Crippen LogP contribution in [0.1, 0.15) is 49.9 Å². The third-order valence-electron chi connectivity index (χ3n) is 3.51. The van der Waals surface area contributed by atoms with E-state index in [0.717, 1.165) is 37.2 Å². The first-order chi connectivity index (χ1) is 9.26. The van der Waals surface area contributed by atoms with E-state index in [0.29, 0.717) is 6.04 Å². The number of amides is 1. The van der Waals surface area contributed by atoms with Crippen LogP contribution in [0.4, 0.5) is 5.69 Å². The molecule has 1 fully saturated rings. The average molecular weight is 260 g/mol. The first-order valence-corrected chi connectivity index (χ1v) is 7.41. The number of rotatable bonds is 7. The van der Waals surface area contributed by atoms with Gasteiger partial charge in [-0.2, -0.15) is 0 Å². The second kappa shape index (κ2) is 6.60. The molecule has 1 aromatic rings. The number of unbranched alkanes of at least 4 members (excludes halogenated alkanes) is 1. The molecule has 0 aliphatic heterocycles. The van der Waals surface area contributed by atoms with Gasteiger partial charge in [-0.3, -0.25) is 4.79 Å². The van der Waals surface area contributed by atoms with E-state index >= 15 is 0 Å². The summed E-state index contributed by atoms with van der Waals surface area (Å²) in [6.07, 6.45) is 4.57. The van der Waals surface area contributed by atoms with Crippen LogP contribution < -0.4 is 5.32 Å². The minimum Gasteiger partial charge on any atom is -0.385 e. The molecule has 2 rings (SSSR count). The maximum atomic E-state index is 12.5. The van der Waals surface area contributed by atoms with E-state index in [1.165, 1.54) is 12.8 Å². The molecule has 0 aromatic heterocycles. The number of nitrogens with one attached hydrogen (secondary N) is 1. The zero-order chi connectivity index (χ0) is 13.7. The third kappa shape index (κ3) is 3.72. The monoisotopic (exact) mass is 260 g/mol. The summed E-state index contributed by atoms with van der Waals surface area (Å²) < 4.78 is 0. The van der Waals surface area contributed by atoms with Crippen LogP contribution in [0.2, 0.25) is 0 Å². The van der Waals surface area contributed by atoms with Gasteiger partial charge in [0.15, 0.2) is 0 Å². The fraction of sp³-hybridized carbons (Fsp3) is 0.562. The first-order valence-electron chi connectivity index (χ1n) is 7.41. The van der Waals surface area contributed by atoms with Crippen molar-refractivity contribution < 1.29 is 4.79 Å². The SMILES string of the molecule is CCCCN(C(=O)c1ccc(NCC)cc1)C1CC1. The number of nitrogens with zero attached hydrogens (tertiary/aromatic N) is 1. The molecule has 0 atom stereocenters. The number of anilines is 1. The van der Waals surface area contributed by atoms with Crippen molar-refractivity contribution in [1.29, 1.82) is 0 Å². The summed E-state index contributed by atoms with van der Waals surface area (Å²) in [6.45, 7) is 6.03. The van der Waals surface area contributed by atoms with Crippen molar-refractivity contribution in [2.75, 3.05) is 18.4 Å². The van der Waals surface area contributed by atoms with E-state index in [1.54, 1.807) is 0 Å².